The molecule has 0 amide bonds. The lowest BCUT2D eigenvalue weighted by Crippen LogP contribution is -2.10. The van der Waals surface area contributed by atoms with Gasteiger partial charge in [-0.3, -0.25) is 15.0 Å². The van der Waals surface area contributed by atoms with Crippen molar-refractivity contribution in [2.24, 2.45) is 0 Å². The number of anilines is 3. The van der Waals surface area contributed by atoms with Crippen LogP contribution in [0.2, 0.25) is 0 Å². The van der Waals surface area contributed by atoms with E-state index in [0.717, 1.165) is 50.4 Å². The number of rotatable bonds is 9. The van der Waals surface area contributed by atoms with Gasteiger partial charge in [-0.05, 0) is 157 Å². The first-order valence-corrected chi connectivity index (χ1v) is 18.4. The summed E-state index contributed by atoms with van der Waals surface area (Å²) in [5.41, 5.74) is 10.1. The second-order valence-electron chi connectivity index (χ2n) is 13.5. The third kappa shape index (κ3) is 7.71. The monoisotopic (exact) mass is 704 g/mol. The largest absolute Gasteiger partial charge is 0.310 e. The molecular weight excluding hydrogens is 669 g/mol. The highest BCUT2D eigenvalue weighted by atomic mass is 15.1. The van der Waals surface area contributed by atoms with Crippen molar-refractivity contribution >= 4 is 85.8 Å². The van der Waals surface area contributed by atoms with Crippen LogP contribution in [0.4, 0.5) is 17.1 Å². The highest BCUT2D eigenvalue weighted by Gasteiger charge is 2.15. The Morgan fingerprint density at radius 1 is 0.255 bits per heavy atom. The summed E-state index contributed by atoms with van der Waals surface area (Å²) in [5.74, 6) is 0. The summed E-state index contributed by atoms with van der Waals surface area (Å²) in [7, 11) is 0. The smallest absolute Gasteiger partial charge is 0.0468 e. The minimum Gasteiger partial charge on any atom is -0.310 e. The van der Waals surface area contributed by atoms with Gasteiger partial charge < -0.3 is 4.90 Å². The summed E-state index contributed by atoms with van der Waals surface area (Å²) in [4.78, 5) is 14.8. The number of fused-ring (bicyclic) bond motifs is 3. The van der Waals surface area contributed by atoms with Gasteiger partial charge in [-0.15, -0.1) is 0 Å². The van der Waals surface area contributed by atoms with E-state index in [2.05, 4.69) is 166 Å². The molecule has 0 aliphatic rings. The van der Waals surface area contributed by atoms with Crippen molar-refractivity contribution in [1.82, 2.24) is 15.0 Å². The molecule has 0 aliphatic carbocycles. The molecule has 3 aromatic heterocycles. The quantitative estimate of drug-likeness (QED) is 0.150. The lowest BCUT2D eigenvalue weighted by atomic mass is 10.0. The topological polar surface area (TPSA) is 41.9 Å². The molecule has 0 spiro atoms. The summed E-state index contributed by atoms with van der Waals surface area (Å²) in [6.45, 7) is 0. The van der Waals surface area contributed by atoms with E-state index >= 15 is 0 Å². The standard InChI is InChI=1S/C51H36N4/c1(37-19-25-52-26-20-37)4-40-7-10-46-34-49(16-13-43(46)31-40)55(50-17-14-44-32-41(8-11-47(44)35-50)5-2-38-21-27-53-28-22-38)51-18-15-45-33-42(9-12-48(45)36-51)6-3-39-23-29-54-30-24-39/h1-36H/b4-1+,5-2+,6-3+. The van der Waals surface area contributed by atoms with Gasteiger partial charge in [-0.1, -0.05) is 91.1 Å². The van der Waals surface area contributed by atoms with Gasteiger partial charge in [0.15, 0.2) is 0 Å². The molecule has 6 aromatic carbocycles. The molecule has 0 saturated carbocycles. The molecule has 0 bridgehead atoms. The highest BCUT2D eigenvalue weighted by molar-refractivity contribution is 5.96. The van der Waals surface area contributed by atoms with E-state index in [0.29, 0.717) is 0 Å². The molecule has 0 aliphatic heterocycles. The Balaban J connectivity index is 1.08. The van der Waals surface area contributed by atoms with Gasteiger partial charge in [-0.25, -0.2) is 0 Å². The molecule has 260 valence electrons. The SMILES string of the molecule is C(=C\c1ccc2cc(N(c3ccc4cc(/C=C/c5ccncc5)ccc4c3)c3ccc4cc(/C=C/c5ccncc5)ccc4c3)ccc2c1)/c1ccncc1. The van der Waals surface area contributed by atoms with Gasteiger partial charge in [0.2, 0.25) is 0 Å². The number of benzene rings is 6. The molecule has 55 heavy (non-hydrogen) atoms. The van der Waals surface area contributed by atoms with E-state index in [1.165, 1.54) is 32.3 Å². The molecule has 4 nitrogen and oxygen atoms in total. The Morgan fingerprint density at radius 2 is 0.509 bits per heavy atom. The average Bonchev–Trinajstić information content (AvgIpc) is 3.25. The first-order valence-electron chi connectivity index (χ1n) is 18.4. The minimum atomic E-state index is 1.10. The predicted molar refractivity (Wildman–Crippen MR) is 233 cm³/mol. The van der Waals surface area contributed by atoms with Crippen molar-refractivity contribution in [2.45, 2.75) is 0 Å². The third-order valence-electron chi connectivity index (χ3n) is 9.84. The molecule has 0 N–H and O–H groups in total. The second-order valence-corrected chi connectivity index (χ2v) is 13.5. The fourth-order valence-corrected chi connectivity index (χ4v) is 6.93. The number of hydrogen-bond donors (Lipinski definition) is 0. The van der Waals surface area contributed by atoms with Crippen LogP contribution in [0.3, 0.4) is 0 Å². The minimum absolute atomic E-state index is 1.10. The number of hydrogen-bond acceptors (Lipinski definition) is 4. The van der Waals surface area contributed by atoms with Gasteiger partial charge in [0.25, 0.3) is 0 Å². The first-order chi connectivity index (χ1) is 27.2. The van der Waals surface area contributed by atoms with E-state index < -0.39 is 0 Å². The summed E-state index contributed by atoms with van der Waals surface area (Å²) < 4.78 is 0. The fourth-order valence-electron chi connectivity index (χ4n) is 6.93. The third-order valence-corrected chi connectivity index (χ3v) is 9.84. The molecule has 0 unspecified atom stereocenters. The van der Waals surface area contributed by atoms with Gasteiger partial charge in [0, 0.05) is 54.2 Å². The molecule has 0 atom stereocenters. The fraction of sp³-hybridized carbons (Fsp3) is 0. The molecule has 9 aromatic rings. The first kappa shape index (κ1) is 33.4. The van der Waals surface area contributed by atoms with Gasteiger partial charge >= 0.3 is 0 Å². The Bertz CT molecular complexity index is 2550. The highest BCUT2D eigenvalue weighted by Crippen LogP contribution is 2.39. The lowest BCUT2D eigenvalue weighted by molar-refractivity contribution is 1.30. The molecule has 0 radical (unpaired) electrons. The number of pyridine rings is 3. The Labute approximate surface area is 320 Å². The maximum Gasteiger partial charge on any atom is 0.0468 e. The van der Waals surface area contributed by atoms with Crippen LogP contribution in [0.25, 0.3) is 68.8 Å². The second kappa shape index (κ2) is 15.3. The van der Waals surface area contributed by atoms with Crippen molar-refractivity contribution in [2.75, 3.05) is 4.90 Å². The van der Waals surface area contributed by atoms with Crippen LogP contribution >= 0.6 is 0 Å². The zero-order chi connectivity index (χ0) is 36.8. The van der Waals surface area contributed by atoms with E-state index in [4.69, 9.17) is 0 Å². The molecule has 3 heterocycles. The van der Waals surface area contributed by atoms with Crippen LogP contribution in [0.1, 0.15) is 33.4 Å². The van der Waals surface area contributed by atoms with Gasteiger partial charge in [-0.2, -0.15) is 0 Å². The normalized spacial score (nSPS) is 11.8. The maximum atomic E-state index is 4.13. The van der Waals surface area contributed by atoms with E-state index in [9.17, 15) is 0 Å². The van der Waals surface area contributed by atoms with Crippen LogP contribution in [0.5, 0.6) is 0 Å². The zero-order valence-electron chi connectivity index (χ0n) is 30.1. The Kier molecular flexibility index (Phi) is 9.28. The number of aromatic nitrogens is 3. The van der Waals surface area contributed by atoms with Crippen molar-refractivity contribution < 1.29 is 0 Å². The van der Waals surface area contributed by atoms with Crippen LogP contribution in [0, 0.1) is 0 Å². The average molecular weight is 705 g/mol. The van der Waals surface area contributed by atoms with Crippen LogP contribution < -0.4 is 4.90 Å². The Morgan fingerprint density at radius 3 is 0.818 bits per heavy atom. The number of nitrogens with zero attached hydrogens (tertiary/aromatic N) is 4. The summed E-state index contributed by atoms with van der Waals surface area (Å²) in [6, 6.07) is 52.2. The Hall–Kier alpha value is -7.43. The summed E-state index contributed by atoms with van der Waals surface area (Å²) in [5, 5.41) is 7.12. The molecule has 9 rings (SSSR count). The van der Waals surface area contributed by atoms with Crippen molar-refractivity contribution in [3.63, 3.8) is 0 Å². The van der Waals surface area contributed by atoms with Crippen molar-refractivity contribution in [1.29, 1.82) is 0 Å². The summed E-state index contributed by atoms with van der Waals surface area (Å²) >= 11 is 0. The van der Waals surface area contributed by atoms with E-state index in [-0.39, 0.29) is 0 Å². The van der Waals surface area contributed by atoms with Crippen LogP contribution in [-0.2, 0) is 0 Å². The van der Waals surface area contributed by atoms with E-state index in [1.807, 2.05) is 73.6 Å². The zero-order valence-corrected chi connectivity index (χ0v) is 30.1. The van der Waals surface area contributed by atoms with Crippen LogP contribution in [-0.4, -0.2) is 15.0 Å². The van der Waals surface area contributed by atoms with Gasteiger partial charge in [0.1, 0.15) is 0 Å². The molecule has 0 saturated heterocycles. The molecule has 4 heteroatoms. The summed E-state index contributed by atoms with van der Waals surface area (Å²) in [6.07, 6.45) is 23.7. The predicted octanol–water partition coefficient (Wildman–Crippen LogP) is 13.3. The van der Waals surface area contributed by atoms with Crippen LogP contribution in [0.15, 0.2) is 183 Å². The molecular formula is C51H36N4. The van der Waals surface area contributed by atoms with E-state index in [1.54, 1.807) is 0 Å². The maximum absolute atomic E-state index is 4.13. The van der Waals surface area contributed by atoms with Crippen molar-refractivity contribution in [3.05, 3.63) is 216 Å². The van der Waals surface area contributed by atoms with Crippen molar-refractivity contribution in [3.8, 4) is 0 Å². The lowest BCUT2D eigenvalue weighted by Gasteiger charge is -2.26. The van der Waals surface area contributed by atoms with Gasteiger partial charge in [0.05, 0.1) is 0 Å². The molecule has 0 fully saturated rings.